The first kappa shape index (κ1) is 12.9. The zero-order chi connectivity index (χ0) is 12.6. The number of hydrogen-bond donors (Lipinski definition) is 2. The second-order valence-corrected chi connectivity index (χ2v) is 6.78. The van der Waals surface area contributed by atoms with Crippen molar-refractivity contribution in [1.29, 1.82) is 0 Å². The molecular formula is C12H17ClN2OS. The number of nitrogens with two attached hydrogens (primary N) is 1. The van der Waals surface area contributed by atoms with Gasteiger partial charge in [0, 0.05) is 10.9 Å². The van der Waals surface area contributed by atoms with E-state index in [1.54, 1.807) is 11.3 Å². The largest absolute Gasteiger partial charge is 0.368 e. The number of thiophene rings is 1. The van der Waals surface area contributed by atoms with Gasteiger partial charge in [-0.3, -0.25) is 10.1 Å². The Morgan fingerprint density at radius 2 is 2.35 bits per heavy atom. The van der Waals surface area contributed by atoms with Crippen LogP contribution in [0.1, 0.15) is 43.2 Å². The molecule has 0 saturated heterocycles. The molecule has 1 unspecified atom stereocenters. The van der Waals surface area contributed by atoms with Crippen LogP contribution in [0.15, 0.2) is 6.07 Å². The van der Waals surface area contributed by atoms with Crippen molar-refractivity contribution < 1.29 is 4.79 Å². The normalized spacial score (nSPS) is 20.1. The number of carbonyl (C=O) groups is 1. The van der Waals surface area contributed by atoms with E-state index >= 15 is 0 Å². The van der Waals surface area contributed by atoms with E-state index in [1.165, 1.54) is 10.4 Å². The number of carbonyl (C=O) groups excluding carboxylic acids is 1. The molecule has 1 heterocycles. The highest BCUT2D eigenvalue weighted by molar-refractivity contribution is 7.16. The second-order valence-electron chi connectivity index (χ2n) is 5.01. The van der Waals surface area contributed by atoms with E-state index in [4.69, 9.17) is 17.3 Å². The highest BCUT2D eigenvalue weighted by atomic mass is 35.5. The first-order chi connectivity index (χ1) is 7.90. The zero-order valence-corrected chi connectivity index (χ0v) is 11.6. The summed E-state index contributed by atoms with van der Waals surface area (Å²) in [7, 11) is 0. The van der Waals surface area contributed by atoms with Crippen molar-refractivity contribution in [3.8, 4) is 0 Å². The molecule has 1 aromatic rings. The Labute approximate surface area is 110 Å². The van der Waals surface area contributed by atoms with Crippen molar-refractivity contribution in [3.05, 3.63) is 20.8 Å². The molecule has 3 N–H and O–H groups in total. The fourth-order valence-electron chi connectivity index (χ4n) is 2.18. The Morgan fingerprint density at radius 3 is 3.00 bits per heavy atom. The van der Waals surface area contributed by atoms with Crippen LogP contribution in [0.5, 0.6) is 0 Å². The summed E-state index contributed by atoms with van der Waals surface area (Å²) in [6.45, 7) is 3.63. The van der Waals surface area contributed by atoms with Crippen LogP contribution >= 0.6 is 22.9 Å². The Morgan fingerprint density at radius 1 is 1.65 bits per heavy atom. The molecular weight excluding hydrogens is 256 g/mol. The van der Waals surface area contributed by atoms with Gasteiger partial charge in [0.2, 0.25) is 5.91 Å². The maximum absolute atomic E-state index is 11.3. The lowest BCUT2D eigenvalue weighted by Gasteiger charge is -2.31. The first-order valence-electron chi connectivity index (χ1n) is 5.76. The maximum atomic E-state index is 11.3. The van der Waals surface area contributed by atoms with E-state index in [0.29, 0.717) is 0 Å². The molecule has 1 aliphatic rings. The number of aryl methyl sites for hydroxylation is 1. The second kappa shape index (κ2) is 4.59. The van der Waals surface area contributed by atoms with Gasteiger partial charge < -0.3 is 5.73 Å². The van der Waals surface area contributed by atoms with Crippen molar-refractivity contribution in [2.45, 2.75) is 44.7 Å². The Bertz CT molecular complexity index is 442. The number of fused-ring (bicyclic) bond motifs is 1. The standard InChI is InChI=1S/C12H17ClN2OS/c1-12(2,11(14)16)15-8-4-3-5-9-7(8)6-10(13)17-9/h6,8,15H,3-5H2,1-2H3,(H2,14,16). The van der Waals surface area contributed by atoms with E-state index in [1.807, 2.05) is 19.9 Å². The maximum Gasteiger partial charge on any atom is 0.237 e. The van der Waals surface area contributed by atoms with Crippen molar-refractivity contribution in [2.24, 2.45) is 5.73 Å². The molecule has 1 aliphatic carbocycles. The summed E-state index contributed by atoms with van der Waals surface area (Å²) in [4.78, 5) is 12.7. The summed E-state index contributed by atoms with van der Waals surface area (Å²) in [5.74, 6) is -0.328. The van der Waals surface area contributed by atoms with Gasteiger partial charge in [-0.05, 0) is 44.7 Å². The van der Waals surface area contributed by atoms with Gasteiger partial charge in [0.1, 0.15) is 0 Å². The molecule has 0 spiro atoms. The Hall–Kier alpha value is -0.580. The molecule has 1 atom stereocenters. The van der Waals surface area contributed by atoms with Crippen molar-refractivity contribution >= 4 is 28.8 Å². The van der Waals surface area contributed by atoms with Crippen LogP contribution < -0.4 is 11.1 Å². The molecule has 0 aromatic carbocycles. The van der Waals surface area contributed by atoms with Crippen molar-refractivity contribution in [3.63, 3.8) is 0 Å². The van der Waals surface area contributed by atoms with Crippen LogP contribution in [0, 0.1) is 0 Å². The molecule has 0 saturated carbocycles. The third-order valence-electron chi connectivity index (χ3n) is 3.23. The fraction of sp³-hybridized carbons (Fsp3) is 0.583. The highest BCUT2D eigenvalue weighted by Crippen LogP contribution is 2.38. The first-order valence-corrected chi connectivity index (χ1v) is 6.95. The molecule has 1 aromatic heterocycles. The van der Waals surface area contributed by atoms with Crippen LogP contribution in [-0.4, -0.2) is 11.4 Å². The third-order valence-corrected chi connectivity index (χ3v) is 4.57. The van der Waals surface area contributed by atoms with Gasteiger partial charge in [0.15, 0.2) is 0 Å². The number of hydrogen-bond acceptors (Lipinski definition) is 3. The highest BCUT2D eigenvalue weighted by Gasteiger charge is 2.31. The minimum absolute atomic E-state index is 0.185. The minimum Gasteiger partial charge on any atom is -0.368 e. The lowest BCUT2D eigenvalue weighted by Crippen LogP contribution is -2.52. The summed E-state index contributed by atoms with van der Waals surface area (Å²) in [6, 6.07) is 2.19. The molecule has 5 heteroatoms. The average Bonchev–Trinajstić information content (AvgIpc) is 2.59. The van der Waals surface area contributed by atoms with Gasteiger partial charge in [-0.15, -0.1) is 11.3 Å². The lowest BCUT2D eigenvalue weighted by atomic mass is 9.91. The molecule has 17 heavy (non-hydrogen) atoms. The quantitative estimate of drug-likeness (QED) is 0.889. The summed E-state index contributed by atoms with van der Waals surface area (Å²) < 4.78 is 0.820. The zero-order valence-electron chi connectivity index (χ0n) is 10.0. The van der Waals surface area contributed by atoms with Crippen LogP contribution in [0.3, 0.4) is 0 Å². The van der Waals surface area contributed by atoms with Crippen LogP contribution in [0.25, 0.3) is 0 Å². The van der Waals surface area contributed by atoms with E-state index in [-0.39, 0.29) is 11.9 Å². The number of primary amides is 1. The van der Waals surface area contributed by atoms with E-state index in [2.05, 4.69) is 5.32 Å². The summed E-state index contributed by atoms with van der Waals surface area (Å²) in [6.07, 6.45) is 3.23. The predicted octanol–water partition coefficient (Wildman–Crippen LogP) is 2.63. The molecule has 0 aliphatic heterocycles. The number of rotatable bonds is 3. The number of halogens is 1. The number of amides is 1. The lowest BCUT2D eigenvalue weighted by molar-refractivity contribution is -0.123. The van der Waals surface area contributed by atoms with E-state index < -0.39 is 5.54 Å². The summed E-state index contributed by atoms with van der Waals surface area (Å²) in [5.41, 5.74) is 5.94. The third kappa shape index (κ3) is 2.64. The monoisotopic (exact) mass is 272 g/mol. The topological polar surface area (TPSA) is 55.1 Å². The minimum atomic E-state index is -0.687. The van der Waals surface area contributed by atoms with E-state index in [0.717, 1.165) is 23.6 Å². The summed E-state index contributed by atoms with van der Waals surface area (Å²) >= 11 is 7.69. The van der Waals surface area contributed by atoms with Gasteiger partial charge >= 0.3 is 0 Å². The van der Waals surface area contributed by atoms with Gasteiger partial charge in [0.25, 0.3) is 0 Å². The number of nitrogens with one attached hydrogen (secondary N) is 1. The van der Waals surface area contributed by atoms with Crippen LogP contribution in [0.2, 0.25) is 4.34 Å². The van der Waals surface area contributed by atoms with Crippen molar-refractivity contribution in [1.82, 2.24) is 5.32 Å². The molecule has 1 amide bonds. The fourth-order valence-corrected chi connectivity index (χ4v) is 3.56. The van der Waals surface area contributed by atoms with Gasteiger partial charge in [-0.2, -0.15) is 0 Å². The van der Waals surface area contributed by atoms with Crippen LogP contribution in [0.4, 0.5) is 0 Å². The SMILES string of the molecule is CC(C)(NC1CCCc2sc(Cl)cc21)C(N)=O. The molecule has 0 bridgehead atoms. The average molecular weight is 273 g/mol. The Kier molecular flexibility index (Phi) is 3.48. The van der Waals surface area contributed by atoms with Gasteiger partial charge in [0.05, 0.1) is 9.88 Å². The van der Waals surface area contributed by atoms with Crippen LogP contribution in [-0.2, 0) is 11.2 Å². The molecule has 0 radical (unpaired) electrons. The van der Waals surface area contributed by atoms with Gasteiger partial charge in [-0.1, -0.05) is 11.6 Å². The van der Waals surface area contributed by atoms with Crippen molar-refractivity contribution in [2.75, 3.05) is 0 Å². The Balaban J connectivity index is 2.21. The molecule has 94 valence electrons. The van der Waals surface area contributed by atoms with Gasteiger partial charge in [-0.25, -0.2) is 0 Å². The molecule has 0 fully saturated rings. The molecule has 3 nitrogen and oxygen atoms in total. The smallest absolute Gasteiger partial charge is 0.237 e. The summed E-state index contributed by atoms with van der Waals surface area (Å²) in [5, 5.41) is 3.34. The molecule has 2 rings (SSSR count). The predicted molar refractivity (Wildman–Crippen MR) is 71.4 cm³/mol. The van der Waals surface area contributed by atoms with E-state index in [9.17, 15) is 4.79 Å².